The van der Waals surface area contributed by atoms with Gasteiger partial charge in [-0.05, 0) is 48.9 Å². The van der Waals surface area contributed by atoms with Crippen LogP contribution in [0.5, 0.6) is 0 Å². The molecule has 3 aromatic carbocycles. The number of thiazole rings is 2. The lowest BCUT2D eigenvalue weighted by Crippen LogP contribution is -2.43. The van der Waals surface area contributed by atoms with Crippen molar-refractivity contribution in [3.63, 3.8) is 0 Å². The number of hydrogen-bond donors (Lipinski definition) is 4. The molecule has 60 heavy (non-hydrogen) atoms. The summed E-state index contributed by atoms with van der Waals surface area (Å²) < 4.78 is 1.88. The van der Waals surface area contributed by atoms with Gasteiger partial charge in [0.15, 0.2) is 0 Å². The molecule has 2 aliphatic rings. The molecule has 7 aromatic rings. The fourth-order valence-electron chi connectivity index (χ4n) is 8.31. The summed E-state index contributed by atoms with van der Waals surface area (Å²) in [6.07, 6.45) is 3.99. The molecule has 2 aliphatic heterocycles. The van der Waals surface area contributed by atoms with Crippen LogP contribution in [0.3, 0.4) is 0 Å². The van der Waals surface area contributed by atoms with Gasteiger partial charge in [0, 0.05) is 27.2 Å². The van der Waals surface area contributed by atoms with Crippen molar-refractivity contribution >= 4 is 67.1 Å². The number of rotatable bonds is 10. The first-order chi connectivity index (χ1) is 29.0. The molecule has 0 bridgehead atoms. The van der Waals surface area contributed by atoms with E-state index in [1.807, 2.05) is 24.3 Å². The molecule has 2 fully saturated rings. The second-order valence-corrected chi connectivity index (χ2v) is 17.0. The number of benzene rings is 3. The Morgan fingerprint density at radius 2 is 1.07 bits per heavy atom. The lowest BCUT2D eigenvalue weighted by molar-refractivity contribution is -0.138. The van der Waals surface area contributed by atoms with E-state index in [1.54, 1.807) is 70.7 Å². The Morgan fingerprint density at radius 1 is 0.667 bits per heavy atom. The lowest BCUT2D eigenvalue weighted by atomic mass is 10.0. The van der Waals surface area contributed by atoms with Crippen molar-refractivity contribution in [2.24, 2.45) is 0 Å². The van der Waals surface area contributed by atoms with Crippen molar-refractivity contribution in [1.29, 1.82) is 0 Å². The molecular formula is C42H40N10O6S2. The first-order valence-corrected chi connectivity index (χ1v) is 21.1. The number of aromatic amines is 2. The minimum atomic E-state index is -1.19. The number of fused-ring (bicyclic) bond motifs is 2. The maximum Gasteiger partial charge on any atom is 0.407 e. The third-order valence-electron chi connectivity index (χ3n) is 11.3. The van der Waals surface area contributed by atoms with E-state index in [0.29, 0.717) is 48.7 Å². The molecule has 0 aliphatic carbocycles. The number of likely N-dealkylation sites (N-methyl/N-ethyl adjacent to an activating group) is 2. The lowest BCUT2D eigenvalue weighted by Gasteiger charge is -2.32. The van der Waals surface area contributed by atoms with E-state index >= 15 is 0 Å². The van der Waals surface area contributed by atoms with Crippen LogP contribution in [0.2, 0.25) is 0 Å². The van der Waals surface area contributed by atoms with Crippen LogP contribution in [-0.2, 0) is 9.59 Å². The zero-order valence-electron chi connectivity index (χ0n) is 32.6. The Kier molecular flexibility index (Phi) is 10.2. The van der Waals surface area contributed by atoms with Crippen LogP contribution < -0.4 is 0 Å². The van der Waals surface area contributed by atoms with Gasteiger partial charge >= 0.3 is 12.2 Å². The minimum absolute atomic E-state index is 0.293. The minimum Gasteiger partial charge on any atom is -0.465 e. The zero-order valence-corrected chi connectivity index (χ0v) is 34.2. The van der Waals surface area contributed by atoms with Crippen molar-refractivity contribution < 1.29 is 29.4 Å². The van der Waals surface area contributed by atoms with Crippen LogP contribution in [0.25, 0.3) is 41.8 Å². The number of aromatic nitrogens is 6. The summed E-state index contributed by atoms with van der Waals surface area (Å²) in [7, 11) is 2.83. The summed E-state index contributed by atoms with van der Waals surface area (Å²) in [5.41, 5.74) is 4.26. The van der Waals surface area contributed by atoms with Crippen LogP contribution >= 0.6 is 22.7 Å². The number of H-pyrrole nitrogens is 2. The van der Waals surface area contributed by atoms with E-state index in [0.717, 1.165) is 64.5 Å². The highest BCUT2D eigenvalue weighted by molar-refractivity contribution is 7.23. The van der Waals surface area contributed by atoms with Crippen LogP contribution in [-0.4, -0.2) is 111 Å². The SMILES string of the molecule is CN(C(=O)O)[C@@H](C(=O)N1CCC[C@H]1c1ncc(-c2nc3cc4sc(-c5cnc([C@@H]6CCCN6C(=O)[C@@H](c6ccccc6)N(C)C(=O)O)[nH]5)nc4cc3s2)[nH]1)c1ccccc1. The predicted octanol–water partition coefficient (Wildman–Crippen LogP) is 7.72. The highest BCUT2D eigenvalue weighted by Crippen LogP contribution is 2.40. The van der Waals surface area contributed by atoms with Gasteiger partial charge in [-0.1, -0.05) is 60.7 Å². The molecule has 4 atom stereocenters. The van der Waals surface area contributed by atoms with E-state index in [1.165, 1.54) is 36.8 Å². The van der Waals surface area contributed by atoms with Gasteiger partial charge in [0.25, 0.3) is 11.8 Å². The molecule has 4 N–H and O–H groups in total. The van der Waals surface area contributed by atoms with Crippen molar-refractivity contribution in [2.45, 2.75) is 49.9 Å². The summed E-state index contributed by atoms with van der Waals surface area (Å²) in [4.78, 5) is 83.7. The van der Waals surface area contributed by atoms with Crippen LogP contribution in [0, 0.1) is 0 Å². The van der Waals surface area contributed by atoms with Gasteiger partial charge in [-0.25, -0.2) is 29.5 Å². The third-order valence-corrected chi connectivity index (χ3v) is 13.4. The van der Waals surface area contributed by atoms with E-state index in [-0.39, 0.29) is 23.9 Å². The van der Waals surface area contributed by atoms with Gasteiger partial charge in [0.1, 0.15) is 33.7 Å². The van der Waals surface area contributed by atoms with Gasteiger partial charge in [-0.15, -0.1) is 22.7 Å². The van der Waals surface area contributed by atoms with Gasteiger partial charge in [0.05, 0.1) is 56.3 Å². The molecule has 6 heterocycles. The molecule has 18 heteroatoms. The molecular weight excluding hydrogens is 805 g/mol. The van der Waals surface area contributed by atoms with Crippen molar-refractivity contribution in [1.82, 2.24) is 49.5 Å². The molecule has 2 saturated heterocycles. The third kappa shape index (κ3) is 7.10. The summed E-state index contributed by atoms with van der Waals surface area (Å²) in [6.45, 7) is 0.979. The Bertz CT molecular complexity index is 2500. The van der Waals surface area contributed by atoms with Gasteiger partial charge in [-0.3, -0.25) is 19.4 Å². The van der Waals surface area contributed by atoms with E-state index in [4.69, 9.17) is 9.97 Å². The average Bonchev–Trinajstić information content (AvgIpc) is 4.11. The Morgan fingerprint density at radius 3 is 1.45 bits per heavy atom. The standard InChI is InChI=1S/C42H40N10O6S2/c1-49(41(55)56)33(23-11-5-3-6-12-23)39(53)51-17-9-15-29(51)35-43-21-27(45-35)37-47-25-19-32-26(20-31(25)59-37)48-38(60-32)28-22-44-36(46-28)30-16-10-18-52(30)40(54)34(50(2)42(57)58)24-13-7-4-8-14-24/h3-8,11-14,19-22,29-30,33-34H,9-10,15-18H2,1-2H3,(H,43,45)(H,44,46)(H,55,56)(H,57,58)/t29-,30-,33+,34+/m0/s1. The Labute approximate surface area is 351 Å². The molecule has 9 rings (SSSR count). The van der Waals surface area contributed by atoms with Crippen LogP contribution in [0.15, 0.2) is 85.2 Å². The number of nitrogens with one attached hydrogen (secondary N) is 2. The number of likely N-dealkylation sites (tertiary alicyclic amines) is 2. The van der Waals surface area contributed by atoms with Gasteiger partial charge in [0.2, 0.25) is 0 Å². The molecule has 0 spiro atoms. The van der Waals surface area contributed by atoms with E-state index < -0.39 is 24.3 Å². The second-order valence-electron chi connectivity index (χ2n) is 15.0. The summed E-state index contributed by atoms with van der Waals surface area (Å²) in [6, 6.07) is 19.3. The molecule has 4 amide bonds. The fraction of sp³-hybridized carbons (Fsp3) is 0.286. The van der Waals surface area contributed by atoms with E-state index in [2.05, 4.69) is 19.9 Å². The zero-order chi connectivity index (χ0) is 41.7. The number of hydrogen-bond acceptors (Lipinski definition) is 10. The Balaban J connectivity index is 0.926. The highest BCUT2D eigenvalue weighted by atomic mass is 32.1. The van der Waals surface area contributed by atoms with Crippen LogP contribution in [0.1, 0.15) is 72.6 Å². The molecule has 4 aromatic heterocycles. The predicted molar refractivity (Wildman–Crippen MR) is 225 cm³/mol. The first-order valence-electron chi connectivity index (χ1n) is 19.5. The summed E-state index contributed by atoms with van der Waals surface area (Å²) in [5.74, 6) is 0.663. The quantitative estimate of drug-likeness (QED) is 0.106. The number of carbonyl (C=O) groups excluding carboxylic acids is 2. The normalized spacial score (nSPS) is 17.6. The second kappa shape index (κ2) is 15.8. The molecule has 0 unspecified atom stereocenters. The fourth-order valence-corrected chi connectivity index (χ4v) is 10.2. The highest BCUT2D eigenvalue weighted by Gasteiger charge is 2.40. The molecule has 0 radical (unpaired) electrons. The van der Waals surface area contributed by atoms with Crippen molar-refractivity contribution in [3.05, 3.63) is 108 Å². The van der Waals surface area contributed by atoms with Gasteiger partial charge in [-0.2, -0.15) is 0 Å². The van der Waals surface area contributed by atoms with E-state index in [9.17, 15) is 29.4 Å². The largest absolute Gasteiger partial charge is 0.465 e. The number of carbonyl (C=O) groups is 4. The molecule has 16 nitrogen and oxygen atoms in total. The smallest absolute Gasteiger partial charge is 0.407 e. The number of imidazole rings is 2. The number of amides is 4. The first kappa shape index (κ1) is 38.8. The van der Waals surface area contributed by atoms with Gasteiger partial charge < -0.3 is 30.0 Å². The molecule has 0 saturated carbocycles. The maximum absolute atomic E-state index is 14.0. The maximum atomic E-state index is 14.0. The van der Waals surface area contributed by atoms with Crippen LogP contribution in [0.4, 0.5) is 9.59 Å². The topological polar surface area (TPSA) is 205 Å². The number of carboxylic acid groups (broad SMARTS) is 2. The summed E-state index contributed by atoms with van der Waals surface area (Å²) in [5, 5.41) is 21.1. The number of nitrogens with zero attached hydrogens (tertiary/aromatic N) is 8. The monoisotopic (exact) mass is 844 g/mol. The Hall–Kier alpha value is -6.66. The molecule has 306 valence electrons. The van der Waals surface area contributed by atoms with Crippen molar-refractivity contribution in [3.8, 4) is 21.4 Å². The average molecular weight is 845 g/mol. The summed E-state index contributed by atoms with van der Waals surface area (Å²) >= 11 is 3.01. The van der Waals surface area contributed by atoms with Crippen molar-refractivity contribution in [2.75, 3.05) is 27.2 Å².